The van der Waals surface area contributed by atoms with Crippen LogP contribution in [0.3, 0.4) is 0 Å². The van der Waals surface area contributed by atoms with Crippen molar-refractivity contribution in [2.24, 2.45) is 17.6 Å². The van der Waals surface area contributed by atoms with Gasteiger partial charge in [-0.15, -0.1) is 0 Å². The van der Waals surface area contributed by atoms with Crippen molar-refractivity contribution in [2.45, 2.75) is 45.2 Å². The highest BCUT2D eigenvalue weighted by Crippen LogP contribution is 2.30. The summed E-state index contributed by atoms with van der Waals surface area (Å²) in [5.41, 5.74) is 7.62. The van der Waals surface area contributed by atoms with Crippen LogP contribution in [0.25, 0.3) is 0 Å². The molecule has 112 valence electrons. The molecule has 2 rings (SSSR count). The summed E-state index contributed by atoms with van der Waals surface area (Å²) in [6.45, 7) is 5.68. The van der Waals surface area contributed by atoms with Crippen LogP contribution in [0.5, 0.6) is 0 Å². The smallest absolute Gasteiger partial charge is 0.0406 e. The van der Waals surface area contributed by atoms with Gasteiger partial charge in [0.05, 0.1) is 0 Å². The first-order valence-electron chi connectivity index (χ1n) is 7.68. The number of benzene rings is 1. The van der Waals surface area contributed by atoms with Crippen molar-refractivity contribution in [2.75, 3.05) is 13.6 Å². The Morgan fingerprint density at radius 1 is 1.30 bits per heavy atom. The average molecular weight is 295 g/mol. The Labute approximate surface area is 128 Å². The Bertz CT molecular complexity index is 418. The van der Waals surface area contributed by atoms with Crippen molar-refractivity contribution in [1.29, 1.82) is 0 Å². The lowest BCUT2D eigenvalue weighted by Gasteiger charge is -2.37. The minimum Gasteiger partial charge on any atom is -0.327 e. The van der Waals surface area contributed by atoms with Gasteiger partial charge < -0.3 is 5.73 Å². The van der Waals surface area contributed by atoms with Gasteiger partial charge in [0, 0.05) is 23.7 Å². The van der Waals surface area contributed by atoms with Gasteiger partial charge in [0.15, 0.2) is 0 Å². The normalized spacial score (nSPS) is 28.6. The lowest BCUT2D eigenvalue weighted by atomic mass is 9.79. The lowest BCUT2D eigenvalue weighted by Crippen LogP contribution is -2.42. The van der Waals surface area contributed by atoms with Gasteiger partial charge in [-0.2, -0.15) is 0 Å². The molecule has 20 heavy (non-hydrogen) atoms. The van der Waals surface area contributed by atoms with Crippen molar-refractivity contribution in [1.82, 2.24) is 4.90 Å². The Morgan fingerprint density at radius 3 is 2.60 bits per heavy atom. The number of nitrogens with two attached hydrogens (primary N) is 1. The van der Waals surface area contributed by atoms with Crippen LogP contribution in [-0.2, 0) is 0 Å². The molecule has 2 nitrogen and oxygen atoms in total. The van der Waals surface area contributed by atoms with Crippen LogP contribution in [0.1, 0.15) is 44.7 Å². The molecule has 1 saturated carbocycles. The molecule has 3 heteroatoms. The van der Waals surface area contributed by atoms with Crippen LogP contribution in [0.2, 0.25) is 5.02 Å². The molecule has 1 aliphatic rings. The van der Waals surface area contributed by atoms with Crippen LogP contribution in [0, 0.1) is 11.8 Å². The van der Waals surface area contributed by atoms with Crippen molar-refractivity contribution in [3.8, 4) is 0 Å². The third-order valence-corrected chi connectivity index (χ3v) is 5.09. The standard InChI is InChI=1S/C17H27ClN2/c1-12-4-9-17(19)15(10-12)11-20(3)13(2)14-5-7-16(18)8-6-14/h5-8,12-13,15,17H,4,9-11,19H2,1-3H3. The monoisotopic (exact) mass is 294 g/mol. The molecule has 0 heterocycles. The molecule has 0 saturated heterocycles. The van der Waals surface area contributed by atoms with E-state index in [9.17, 15) is 0 Å². The zero-order chi connectivity index (χ0) is 14.7. The molecular weight excluding hydrogens is 268 g/mol. The van der Waals surface area contributed by atoms with Gasteiger partial charge in [-0.1, -0.05) is 30.7 Å². The van der Waals surface area contributed by atoms with Crippen molar-refractivity contribution < 1.29 is 0 Å². The van der Waals surface area contributed by atoms with Gasteiger partial charge in [-0.05, 0) is 62.8 Å². The van der Waals surface area contributed by atoms with Gasteiger partial charge in [-0.3, -0.25) is 4.90 Å². The first-order chi connectivity index (χ1) is 9.47. The van der Waals surface area contributed by atoms with Crippen LogP contribution < -0.4 is 5.73 Å². The highest BCUT2D eigenvalue weighted by Gasteiger charge is 2.27. The van der Waals surface area contributed by atoms with E-state index in [1.54, 1.807) is 0 Å². The molecule has 1 fully saturated rings. The van der Waals surface area contributed by atoms with Crippen LogP contribution in [0.15, 0.2) is 24.3 Å². The molecule has 0 spiro atoms. The number of rotatable bonds is 4. The highest BCUT2D eigenvalue weighted by molar-refractivity contribution is 6.30. The second-order valence-corrected chi connectivity index (χ2v) is 6.95. The Kier molecular flexibility index (Phi) is 5.48. The Morgan fingerprint density at radius 2 is 1.95 bits per heavy atom. The Balaban J connectivity index is 1.96. The van der Waals surface area contributed by atoms with Crippen LogP contribution in [0.4, 0.5) is 0 Å². The van der Waals surface area contributed by atoms with E-state index in [0.29, 0.717) is 18.0 Å². The minimum absolute atomic E-state index is 0.367. The predicted molar refractivity (Wildman–Crippen MR) is 87.0 cm³/mol. The quantitative estimate of drug-likeness (QED) is 0.906. The second kappa shape index (κ2) is 6.93. The summed E-state index contributed by atoms with van der Waals surface area (Å²) in [7, 11) is 2.20. The van der Waals surface area contributed by atoms with E-state index in [4.69, 9.17) is 17.3 Å². The summed E-state index contributed by atoms with van der Waals surface area (Å²) in [6, 6.07) is 8.94. The zero-order valence-corrected chi connectivity index (χ0v) is 13.6. The lowest BCUT2D eigenvalue weighted by molar-refractivity contribution is 0.155. The molecule has 1 aliphatic carbocycles. The summed E-state index contributed by atoms with van der Waals surface area (Å²) in [5, 5.41) is 0.798. The molecule has 2 N–H and O–H groups in total. The van der Waals surface area contributed by atoms with E-state index in [1.165, 1.54) is 24.8 Å². The summed E-state index contributed by atoms with van der Waals surface area (Å²) in [4.78, 5) is 2.42. The average Bonchev–Trinajstić information content (AvgIpc) is 2.43. The molecule has 1 aromatic carbocycles. The van der Waals surface area contributed by atoms with E-state index < -0.39 is 0 Å². The van der Waals surface area contributed by atoms with E-state index in [-0.39, 0.29) is 0 Å². The number of nitrogens with zero attached hydrogens (tertiary/aromatic N) is 1. The molecule has 0 amide bonds. The van der Waals surface area contributed by atoms with Gasteiger partial charge in [0.25, 0.3) is 0 Å². The van der Waals surface area contributed by atoms with E-state index in [1.807, 2.05) is 12.1 Å². The maximum absolute atomic E-state index is 6.30. The summed E-state index contributed by atoms with van der Waals surface area (Å²) in [6.07, 6.45) is 3.72. The van der Waals surface area contributed by atoms with Crippen molar-refractivity contribution >= 4 is 11.6 Å². The molecular formula is C17H27ClN2. The maximum atomic E-state index is 6.30. The minimum atomic E-state index is 0.367. The number of hydrogen-bond donors (Lipinski definition) is 1. The third-order valence-electron chi connectivity index (χ3n) is 4.84. The molecule has 0 aliphatic heterocycles. The van der Waals surface area contributed by atoms with Crippen LogP contribution >= 0.6 is 11.6 Å². The maximum Gasteiger partial charge on any atom is 0.0406 e. The van der Waals surface area contributed by atoms with Gasteiger partial charge in [-0.25, -0.2) is 0 Å². The molecule has 0 bridgehead atoms. The van der Waals surface area contributed by atoms with Crippen molar-refractivity contribution in [3.63, 3.8) is 0 Å². The zero-order valence-electron chi connectivity index (χ0n) is 12.8. The number of halogens is 1. The fraction of sp³-hybridized carbons (Fsp3) is 0.647. The molecule has 0 radical (unpaired) electrons. The molecule has 4 unspecified atom stereocenters. The highest BCUT2D eigenvalue weighted by atomic mass is 35.5. The fourth-order valence-corrected chi connectivity index (χ4v) is 3.38. The predicted octanol–water partition coefficient (Wildman–Crippen LogP) is 4.10. The third kappa shape index (κ3) is 3.97. The van der Waals surface area contributed by atoms with E-state index in [0.717, 1.165) is 17.5 Å². The van der Waals surface area contributed by atoms with Crippen LogP contribution in [-0.4, -0.2) is 24.5 Å². The molecule has 1 aromatic rings. The Hall–Kier alpha value is -0.570. The summed E-state index contributed by atoms with van der Waals surface area (Å²) >= 11 is 5.96. The molecule has 0 aromatic heterocycles. The first-order valence-corrected chi connectivity index (χ1v) is 8.06. The topological polar surface area (TPSA) is 29.3 Å². The van der Waals surface area contributed by atoms with Gasteiger partial charge in [0.2, 0.25) is 0 Å². The van der Waals surface area contributed by atoms with E-state index >= 15 is 0 Å². The summed E-state index contributed by atoms with van der Waals surface area (Å²) in [5.74, 6) is 1.44. The fourth-order valence-electron chi connectivity index (χ4n) is 3.26. The largest absolute Gasteiger partial charge is 0.327 e. The SMILES string of the molecule is CC1CCC(N)C(CN(C)C(C)c2ccc(Cl)cc2)C1. The van der Waals surface area contributed by atoms with E-state index in [2.05, 4.69) is 37.9 Å². The number of hydrogen-bond acceptors (Lipinski definition) is 2. The van der Waals surface area contributed by atoms with Gasteiger partial charge in [0.1, 0.15) is 0 Å². The molecule has 4 atom stereocenters. The van der Waals surface area contributed by atoms with Gasteiger partial charge >= 0.3 is 0 Å². The van der Waals surface area contributed by atoms with Crippen molar-refractivity contribution in [3.05, 3.63) is 34.9 Å². The summed E-state index contributed by atoms with van der Waals surface area (Å²) < 4.78 is 0. The first kappa shape index (κ1) is 15.8. The second-order valence-electron chi connectivity index (χ2n) is 6.51.